The van der Waals surface area contributed by atoms with Crippen LogP contribution in [0.25, 0.3) is 0 Å². The molecular formula is C15H24F3N3. The Bertz CT molecular complexity index is 432. The highest BCUT2D eigenvalue weighted by molar-refractivity contribution is 5.49. The van der Waals surface area contributed by atoms with Crippen molar-refractivity contribution in [3.8, 4) is 0 Å². The summed E-state index contributed by atoms with van der Waals surface area (Å²) in [6.07, 6.45) is -1.74. The van der Waals surface area contributed by atoms with Crippen LogP contribution in [-0.4, -0.2) is 30.3 Å². The molecule has 1 N–H and O–H groups in total. The molecule has 1 rings (SSSR count). The monoisotopic (exact) mass is 303 g/mol. The molecule has 3 nitrogen and oxygen atoms in total. The maximum atomic E-state index is 12.8. The highest BCUT2D eigenvalue weighted by Crippen LogP contribution is 2.28. The van der Waals surface area contributed by atoms with Crippen LogP contribution >= 0.6 is 0 Å². The van der Waals surface area contributed by atoms with Crippen LogP contribution in [0.3, 0.4) is 0 Å². The first-order valence-corrected chi connectivity index (χ1v) is 7.28. The van der Waals surface area contributed by atoms with Crippen LogP contribution in [0.15, 0.2) is 18.3 Å². The number of aromatic nitrogens is 1. The van der Waals surface area contributed by atoms with Gasteiger partial charge >= 0.3 is 6.18 Å². The lowest BCUT2D eigenvalue weighted by Gasteiger charge is -2.31. The van der Waals surface area contributed by atoms with Gasteiger partial charge in [0.2, 0.25) is 0 Å². The summed E-state index contributed by atoms with van der Waals surface area (Å²) in [5.41, 5.74) is 0.795. The number of nitrogens with zero attached hydrogens (tertiary/aromatic N) is 2. The Morgan fingerprint density at radius 3 is 2.48 bits per heavy atom. The fraction of sp³-hybridized carbons (Fsp3) is 0.667. The van der Waals surface area contributed by atoms with Crippen LogP contribution in [0.1, 0.15) is 45.7 Å². The molecule has 0 fully saturated rings. The summed E-state index contributed by atoms with van der Waals surface area (Å²) in [4.78, 5) is 5.50. The molecule has 0 aliphatic carbocycles. The second-order valence-electron chi connectivity index (χ2n) is 5.43. The van der Waals surface area contributed by atoms with Gasteiger partial charge in [-0.1, -0.05) is 13.0 Å². The molecule has 0 aliphatic heterocycles. The van der Waals surface area contributed by atoms with Crippen molar-refractivity contribution in [1.29, 1.82) is 0 Å². The van der Waals surface area contributed by atoms with Crippen molar-refractivity contribution >= 4 is 5.82 Å². The highest BCUT2D eigenvalue weighted by atomic mass is 19.4. The second-order valence-corrected chi connectivity index (χ2v) is 5.43. The Hall–Kier alpha value is -1.30. The summed E-state index contributed by atoms with van der Waals surface area (Å²) in [5.74, 6) is 0.404. The van der Waals surface area contributed by atoms with Crippen LogP contribution in [0.4, 0.5) is 19.0 Å². The number of nitrogens with one attached hydrogen (secondary N) is 1. The lowest BCUT2D eigenvalue weighted by Crippen LogP contribution is -2.40. The van der Waals surface area contributed by atoms with Crippen LogP contribution in [0.5, 0.6) is 0 Å². The normalized spacial score (nSPS) is 13.5. The van der Waals surface area contributed by atoms with Crippen molar-refractivity contribution in [3.63, 3.8) is 0 Å². The lowest BCUT2D eigenvalue weighted by molar-refractivity contribution is -0.120. The maximum absolute atomic E-state index is 12.8. The number of hydrogen-bond acceptors (Lipinski definition) is 3. The summed E-state index contributed by atoms with van der Waals surface area (Å²) in [6.45, 7) is 7.31. The van der Waals surface area contributed by atoms with E-state index in [1.54, 1.807) is 19.9 Å². The van der Waals surface area contributed by atoms with E-state index in [0.29, 0.717) is 5.82 Å². The van der Waals surface area contributed by atoms with Crippen molar-refractivity contribution in [2.45, 2.75) is 52.4 Å². The zero-order chi connectivity index (χ0) is 16.0. The molecule has 1 unspecified atom stereocenters. The molecule has 1 heterocycles. The number of halogens is 3. The highest BCUT2D eigenvalue weighted by Gasteiger charge is 2.33. The van der Waals surface area contributed by atoms with E-state index >= 15 is 0 Å². The first-order chi connectivity index (χ1) is 9.76. The molecule has 1 aromatic rings. The largest absolute Gasteiger partial charge is 0.405 e. The third-order valence-corrected chi connectivity index (χ3v) is 3.23. The fourth-order valence-corrected chi connectivity index (χ4v) is 2.15. The lowest BCUT2D eigenvalue weighted by atomic mass is 10.1. The number of anilines is 1. The number of pyridine rings is 1. The molecule has 120 valence electrons. The predicted octanol–water partition coefficient (Wildman–Crippen LogP) is 3.92. The van der Waals surface area contributed by atoms with E-state index in [1.165, 1.54) is 11.1 Å². The van der Waals surface area contributed by atoms with E-state index in [-0.39, 0.29) is 12.1 Å². The maximum Gasteiger partial charge on any atom is 0.405 e. The van der Waals surface area contributed by atoms with Gasteiger partial charge in [0.1, 0.15) is 12.4 Å². The molecule has 0 saturated carbocycles. The van der Waals surface area contributed by atoms with Crippen LogP contribution in [0, 0.1) is 0 Å². The summed E-state index contributed by atoms with van der Waals surface area (Å²) >= 11 is 0. The standard InChI is InChI=1S/C15H24F3N3/c1-5-8-19-12(4)13-7-6-9-20-14(13)21(11(2)3)10-15(16,17)18/h6-7,9,11-12,19H,5,8,10H2,1-4H3. The third-order valence-electron chi connectivity index (χ3n) is 3.23. The average molecular weight is 303 g/mol. The van der Waals surface area contributed by atoms with Gasteiger partial charge in [-0.3, -0.25) is 0 Å². The minimum Gasteiger partial charge on any atom is -0.345 e. The van der Waals surface area contributed by atoms with Crippen molar-refractivity contribution in [1.82, 2.24) is 10.3 Å². The van der Waals surface area contributed by atoms with Gasteiger partial charge in [0.15, 0.2) is 0 Å². The molecule has 21 heavy (non-hydrogen) atoms. The van der Waals surface area contributed by atoms with Gasteiger partial charge in [-0.25, -0.2) is 4.98 Å². The SMILES string of the molecule is CCCNC(C)c1cccnc1N(CC(F)(F)F)C(C)C. The third kappa shape index (κ3) is 5.53. The molecule has 0 saturated heterocycles. The van der Waals surface area contributed by atoms with Gasteiger partial charge in [-0.15, -0.1) is 0 Å². The first kappa shape index (κ1) is 17.8. The van der Waals surface area contributed by atoms with E-state index in [2.05, 4.69) is 10.3 Å². The Labute approximate surface area is 124 Å². The molecule has 0 spiro atoms. The molecule has 6 heteroatoms. The van der Waals surface area contributed by atoms with Crippen LogP contribution in [0.2, 0.25) is 0 Å². The quantitative estimate of drug-likeness (QED) is 0.827. The van der Waals surface area contributed by atoms with E-state index < -0.39 is 12.7 Å². The van der Waals surface area contributed by atoms with Crippen LogP contribution < -0.4 is 10.2 Å². The summed E-state index contributed by atoms with van der Waals surface area (Å²) < 4.78 is 38.4. The fourth-order valence-electron chi connectivity index (χ4n) is 2.15. The number of rotatable bonds is 7. The van der Waals surface area contributed by atoms with Gasteiger partial charge in [0, 0.05) is 23.8 Å². The van der Waals surface area contributed by atoms with Crippen molar-refractivity contribution in [3.05, 3.63) is 23.9 Å². The van der Waals surface area contributed by atoms with E-state index in [1.807, 2.05) is 19.9 Å². The number of alkyl halides is 3. The molecular weight excluding hydrogens is 279 g/mol. The van der Waals surface area contributed by atoms with Gasteiger partial charge in [-0.2, -0.15) is 13.2 Å². The van der Waals surface area contributed by atoms with Crippen molar-refractivity contribution in [2.24, 2.45) is 0 Å². The second kappa shape index (κ2) is 7.64. The molecule has 0 radical (unpaired) electrons. The van der Waals surface area contributed by atoms with Gasteiger partial charge in [-0.05, 0) is 39.8 Å². The zero-order valence-corrected chi connectivity index (χ0v) is 13.0. The zero-order valence-electron chi connectivity index (χ0n) is 13.0. The van der Waals surface area contributed by atoms with Gasteiger partial charge < -0.3 is 10.2 Å². The molecule has 0 bridgehead atoms. The Morgan fingerprint density at radius 2 is 1.95 bits per heavy atom. The van der Waals surface area contributed by atoms with Crippen LogP contribution in [-0.2, 0) is 0 Å². The first-order valence-electron chi connectivity index (χ1n) is 7.28. The molecule has 0 aliphatic rings. The number of hydrogen-bond donors (Lipinski definition) is 1. The minimum absolute atomic E-state index is 0.0388. The van der Waals surface area contributed by atoms with Gasteiger partial charge in [0.25, 0.3) is 0 Å². The molecule has 1 atom stereocenters. The molecule has 0 aromatic carbocycles. The summed E-state index contributed by atoms with van der Waals surface area (Å²) in [6, 6.07) is 3.28. The topological polar surface area (TPSA) is 28.2 Å². The summed E-state index contributed by atoms with van der Waals surface area (Å²) in [7, 11) is 0. The predicted molar refractivity (Wildman–Crippen MR) is 79.5 cm³/mol. The molecule has 1 aromatic heterocycles. The minimum atomic E-state index is -4.25. The Morgan fingerprint density at radius 1 is 1.29 bits per heavy atom. The smallest absolute Gasteiger partial charge is 0.345 e. The van der Waals surface area contributed by atoms with E-state index in [0.717, 1.165) is 18.5 Å². The summed E-state index contributed by atoms with van der Waals surface area (Å²) in [5, 5.41) is 3.30. The van der Waals surface area contributed by atoms with Gasteiger partial charge in [0.05, 0.1) is 0 Å². The average Bonchev–Trinajstić information content (AvgIpc) is 2.41. The Balaban J connectivity index is 3.08. The Kier molecular flexibility index (Phi) is 6.45. The van der Waals surface area contributed by atoms with Crippen molar-refractivity contribution in [2.75, 3.05) is 18.0 Å². The van der Waals surface area contributed by atoms with E-state index in [9.17, 15) is 13.2 Å². The van der Waals surface area contributed by atoms with Crippen molar-refractivity contribution < 1.29 is 13.2 Å². The molecule has 0 amide bonds. The van der Waals surface area contributed by atoms with E-state index in [4.69, 9.17) is 0 Å².